The van der Waals surface area contributed by atoms with Gasteiger partial charge in [-0.2, -0.15) is 0 Å². The number of carbonyl (C=O) groups excluding carboxylic acids is 1. The lowest BCUT2D eigenvalue weighted by Gasteiger charge is -2.33. The predicted octanol–water partition coefficient (Wildman–Crippen LogP) is 2.45. The van der Waals surface area contributed by atoms with Gasteiger partial charge in [0.25, 0.3) is 0 Å². The van der Waals surface area contributed by atoms with Crippen LogP contribution in [0.3, 0.4) is 0 Å². The fraction of sp³-hybridized carbons (Fsp3) is 0.733. The third-order valence-corrected chi connectivity index (χ3v) is 4.19. The van der Waals surface area contributed by atoms with Gasteiger partial charge in [0.1, 0.15) is 0 Å². The van der Waals surface area contributed by atoms with Gasteiger partial charge in [0, 0.05) is 25.9 Å². The second kappa shape index (κ2) is 6.73. The Balaban J connectivity index is 1.77. The van der Waals surface area contributed by atoms with Crippen molar-refractivity contribution in [3.05, 3.63) is 12.2 Å². The molecule has 4 heteroatoms. The number of carboxylic acids is 1. The molecule has 0 bridgehead atoms. The van der Waals surface area contributed by atoms with E-state index in [0.29, 0.717) is 24.7 Å². The van der Waals surface area contributed by atoms with E-state index in [9.17, 15) is 9.59 Å². The molecular weight excluding hydrogens is 242 g/mol. The summed E-state index contributed by atoms with van der Waals surface area (Å²) >= 11 is 0. The molecular formula is C15H23NO3. The molecule has 0 aromatic rings. The van der Waals surface area contributed by atoms with Crippen LogP contribution < -0.4 is 0 Å². The molecule has 0 saturated carbocycles. The van der Waals surface area contributed by atoms with Crippen LogP contribution in [0, 0.1) is 11.8 Å². The molecule has 0 radical (unpaired) electrons. The van der Waals surface area contributed by atoms with Crippen LogP contribution in [0.2, 0.25) is 0 Å². The summed E-state index contributed by atoms with van der Waals surface area (Å²) in [6.45, 7) is 1.60. The van der Waals surface area contributed by atoms with Gasteiger partial charge in [-0.15, -0.1) is 0 Å². The van der Waals surface area contributed by atoms with Gasteiger partial charge in [-0.25, -0.2) is 0 Å². The lowest BCUT2D eigenvalue weighted by atomic mass is 9.92. The highest BCUT2D eigenvalue weighted by atomic mass is 16.4. The molecule has 1 aliphatic heterocycles. The van der Waals surface area contributed by atoms with Crippen LogP contribution in [0.5, 0.6) is 0 Å². The van der Waals surface area contributed by atoms with E-state index < -0.39 is 5.97 Å². The Labute approximate surface area is 114 Å². The number of rotatable bonds is 5. The van der Waals surface area contributed by atoms with E-state index in [0.717, 1.165) is 38.8 Å². The van der Waals surface area contributed by atoms with Gasteiger partial charge in [0.15, 0.2) is 0 Å². The summed E-state index contributed by atoms with van der Waals surface area (Å²) in [5.74, 6) is 0.302. The summed E-state index contributed by atoms with van der Waals surface area (Å²) in [7, 11) is 0. The molecule has 0 unspecified atom stereocenters. The minimum atomic E-state index is -0.737. The van der Waals surface area contributed by atoms with Crippen molar-refractivity contribution >= 4 is 11.9 Å². The first-order valence-corrected chi connectivity index (χ1v) is 7.31. The van der Waals surface area contributed by atoms with E-state index in [1.807, 2.05) is 4.90 Å². The van der Waals surface area contributed by atoms with Gasteiger partial charge in [-0.3, -0.25) is 9.59 Å². The third kappa shape index (κ3) is 4.37. The number of piperidine rings is 1. The third-order valence-electron chi connectivity index (χ3n) is 4.19. The van der Waals surface area contributed by atoms with Crippen molar-refractivity contribution in [2.45, 2.75) is 44.9 Å². The number of likely N-dealkylation sites (tertiary alicyclic amines) is 1. The maximum atomic E-state index is 12.2. The van der Waals surface area contributed by atoms with Gasteiger partial charge in [0.2, 0.25) is 5.91 Å². The van der Waals surface area contributed by atoms with E-state index in [-0.39, 0.29) is 12.3 Å². The van der Waals surface area contributed by atoms with Crippen molar-refractivity contribution in [1.29, 1.82) is 0 Å². The number of carbonyl (C=O) groups is 2. The summed E-state index contributed by atoms with van der Waals surface area (Å²) in [6.07, 6.45) is 10.1. The Kier molecular flexibility index (Phi) is 5.00. The average Bonchev–Trinajstić information content (AvgIpc) is 2.89. The summed E-state index contributed by atoms with van der Waals surface area (Å²) in [6, 6.07) is 0. The largest absolute Gasteiger partial charge is 0.481 e. The standard InChI is InChI=1S/C15H23NO3/c17-14(10-12-4-1-2-5-12)16-9-3-6-13(11-16)7-8-15(18)19/h1,4,12-13H,2-3,5-11H2,(H,18,19)/t12-,13+/m0/s1. The molecule has 1 fully saturated rings. The van der Waals surface area contributed by atoms with E-state index in [2.05, 4.69) is 12.2 Å². The molecule has 0 spiro atoms. The number of carboxylic acid groups (broad SMARTS) is 1. The zero-order valence-corrected chi connectivity index (χ0v) is 11.4. The van der Waals surface area contributed by atoms with Crippen LogP contribution in [0.25, 0.3) is 0 Å². The van der Waals surface area contributed by atoms with Crippen molar-refractivity contribution in [3.8, 4) is 0 Å². The van der Waals surface area contributed by atoms with Crippen LogP contribution in [0.1, 0.15) is 44.9 Å². The van der Waals surface area contributed by atoms with Crippen molar-refractivity contribution in [2.24, 2.45) is 11.8 Å². The Morgan fingerprint density at radius 1 is 1.32 bits per heavy atom. The fourth-order valence-electron chi connectivity index (χ4n) is 3.07. The topological polar surface area (TPSA) is 57.6 Å². The summed E-state index contributed by atoms with van der Waals surface area (Å²) in [4.78, 5) is 24.8. The highest BCUT2D eigenvalue weighted by Gasteiger charge is 2.25. The molecule has 1 aliphatic carbocycles. The maximum absolute atomic E-state index is 12.2. The van der Waals surface area contributed by atoms with E-state index in [1.165, 1.54) is 0 Å². The number of aliphatic carboxylic acids is 1. The SMILES string of the molecule is O=C(O)CC[C@H]1CCCN(C(=O)C[C@H]2C=CCC2)C1. The van der Waals surface area contributed by atoms with E-state index in [4.69, 9.17) is 5.11 Å². The molecule has 19 heavy (non-hydrogen) atoms. The first-order valence-electron chi connectivity index (χ1n) is 7.31. The number of nitrogens with zero attached hydrogens (tertiary/aromatic N) is 1. The molecule has 2 atom stereocenters. The first kappa shape index (κ1) is 14.1. The smallest absolute Gasteiger partial charge is 0.303 e. The molecule has 1 amide bonds. The van der Waals surface area contributed by atoms with Crippen LogP contribution in [0.4, 0.5) is 0 Å². The Morgan fingerprint density at radius 2 is 2.16 bits per heavy atom. The Morgan fingerprint density at radius 3 is 2.84 bits per heavy atom. The second-order valence-electron chi connectivity index (χ2n) is 5.75. The van der Waals surface area contributed by atoms with E-state index >= 15 is 0 Å². The molecule has 2 aliphatic rings. The number of amides is 1. The van der Waals surface area contributed by atoms with Gasteiger partial charge in [-0.1, -0.05) is 12.2 Å². The number of hydrogen-bond donors (Lipinski definition) is 1. The van der Waals surface area contributed by atoms with Crippen molar-refractivity contribution < 1.29 is 14.7 Å². The predicted molar refractivity (Wildman–Crippen MR) is 72.7 cm³/mol. The molecule has 1 N–H and O–H groups in total. The van der Waals surface area contributed by atoms with Crippen LogP contribution in [-0.2, 0) is 9.59 Å². The number of hydrogen-bond acceptors (Lipinski definition) is 2. The minimum Gasteiger partial charge on any atom is -0.481 e. The minimum absolute atomic E-state index is 0.220. The first-order chi connectivity index (χ1) is 9.15. The summed E-state index contributed by atoms with van der Waals surface area (Å²) in [5.41, 5.74) is 0. The highest BCUT2D eigenvalue weighted by molar-refractivity contribution is 5.76. The lowest BCUT2D eigenvalue weighted by Crippen LogP contribution is -2.40. The normalized spacial score (nSPS) is 26.6. The summed E-state index contributed by atoms with van der Waals surface area (Å²) < 4.78 is 0. The molecule has 1 heterocycles. The molecule has 1 saturated heterocycles. The van der Waals surface area contributed by atoms with Gasteiger partial charge >= 0.3 is 5.97 Å². The Hall–Kier alpha value is -1.32. The van der Waals surface area contributed by atoms with Crippen LogP contribution in [0.15, 0.2) is 12.2 Å². The van der Waals surface area contributed by atoms with Gasteiger partial charge < -0.3 is 10.0 Å². The fourth-order valence-corrected chi connectivity index (χ4v) is 3.07. The number of allylic oxidation sites excluding steroid dienone is 2. The van der Waals surface area contributed by atoms with Gasteiger partial charge in [-0.05, 0) is 43.9 Å². The molecule has 4 nitrogen and oxygen atoms in total. The maximum Gasteiger partial charge on any atom is 0.303 e. The summed E-state index contributed by atoms with van der Waals surface area (Å²) in [5, 5.41) is 8.72. The quantitative estimate of drug-likeness (QED) is 0.777. The zero-order valence-electron chi connectivity index (χ0n) is 11.4. The molecule has 2 rings (SSSR count). The average molecular weight is 265 g/mol. The zero-order chi connectivity index (χ0) is 13.7. The molecule has 0 aromatic carbocycles. The highest BCUT2D eigenvalue weighted by Crippen LogP contribution is 2.25. The lowest BCUT2D eigenvalue weighted by molar-refractivity contribution is -0.137. The second-order valence-corrected chi connectivity index (χ2v) is 5.75. The molecule has 106 valence electrons. The van der Waals surface area contributed by atoms with Crippen molar-refractivity contribution in [1.82, 2.24) is 4.90 Å². The van der Waals surface area contributed by atoms with Gasteiger partial charge in [0.05, 0.1) is 0 Å². The van der Waals surface area contributed by atoms with Crippen LogP contribution in [-0.4, -0.2) is 35.0 Å². The van der Waals surface area contributed by atoms with E-state index in [1.54, 1.807) is 0 Å². The van der Waals surface area contributed by atoms with Crippen molar-refractivity contribution in [2.75, 3.05) is 13.1 Å². The monoisotopic (exact) mass is 265 g/mol. The Bertz CT molecular complexity index is 364. The molecule has 0 aromatic heterocycles. The van der Waals surface area contributed by atoms with Crippen LogP contribution >= 0.6 is 0 Å². The van der Waals surface area contributed by atoms with Crippen molar-refractivity contribution in [3.63, 3.8) is 0 Å².